The Morgan fingerprint density at radius 2 is 2.13 bits per heavy atom. The van der Waals surface area contributed by atoms with Gasteiger partial charge in [0.2, 0.25) is 5.91 Å². The Morgan fingerprint density at radius 3 is 2.47 bits per heavy atom. The zero-order chi connectivity index (χ0) is 11.9. The Balaban J connectivity index is 2.71. The summed E-state index contributed by atoms with van der Waals surface area (Å²) in [5, 5.41) is 9.27. The number of halogens is 3. The van der Waals surface area contributed by atoms with Gasteiger partial charge in [-0.05, 0) is 6.92 Å². The highest BCUT2D eigenvalue weighted by molar-refractivity contribution is 5.81. The minimum atomic E-state index is -4.71. The molecule has 1 amide bonds. The molecule has 0 bridgehead atoms. The second-order valence-corrected chi connectivity index (χ2v) is 3.83. The van der Waals surface area contributed by atoms with Crippen molar-refractivity contribution in [2.24, 2.45) is 5.73 Å². The molecule has 15 heavy (non-hydrogen) atoms. The molecule has 1 rings (SSSR count). The molecule has 1 saturated heterocycles. The van der Waals surface area contributed by atoms with Crippen LogP contribution in [0, 0.1) is 0 Å². The summed E-state index contributed by atoms with van der Waals surface area (Å²) < 4.78 is 37.1. The summed E-state index contributed by atoms with van der Waals surface area (Å²) in [5.74, 6) is -0.574. The lowest BCUT2D eigenvalue weighted by atomic mass is 10.0. The van der Waals surface area contributed by atoms with Gasteiger partial charge in [-0.2, -0.15) is 13.2 Å². The molecule has 0 aliphatic carbocycles. The molecule has 0 aromatic rings. The number of alkyl halides is 3. The molecule has 1 aliphatic rings. The molecule has 2 atom stereocenters. The third-order valence-electron chi connectivity index (χ3n) is 2.48. The van der Waals surface area contributed by atoms with E-state index in [1.54, 1.807) is 0 Å². The van der Waals surface area contributed by atoms with E-state index < -0.39 is 36.7 Å². The second kappa shape index (κ2) is 3.64. The number of β-amino-alcohol motifs (C(OH)–C–C–N with tert-alkyl or cyclic N) is 1. The van der Waals surface area contributed by atoms with E-state index in [2.05, 4.69) is 0 Å². The summed E-state index contributed by atoms with van der Waals surface area (Å²) in [6.45, 7) is 0.556. The van der Waals surface area contributed by atoms with Gasteiger partial charge in [0.25, 0.3) is 0 Å². The first-order chi connectivity index (χ1) is 6.67. The number of hydrogen-bond acceptors (Lipinski definition) is 3. The minimum absolute atomic E-state index is 0.115. The number of carbonyl (C=O) groups is 1. The van der Waals surface area contributed by atoms with Crippen LogP contribution >= 0.6 is 0 Å². The first-order valence-electron chi connectivity index (χ1n) is 4.51. The second-order valence-electron chi connectivity index (χ2n) is 3.83. The van der Waals surface area contributed by atoms with Crippen molar-refractivity contribution in [1.29, 1.82) is 0 Å². The van der Waals surface area contributed by atoms with Crippen LogP contribution in [0.4, 0.5) is 13.2 Å². The van der Waals surface area contributed by atoms with Crippen LogP contribution < -0.4 is 5.73 Å². The topological polar surface area (TPSA) is 66.6 Å². The van der Waals surface area contributed by atoms with Gasteiger partial charge in [0, 0.05) is 13.0 Å². The van der Waals surface area contributed by atoms with Crippen molar-refractivity contribution < 1.29 is 23.1 Å². The van der Waals surface area contributed by atoms with Crippen molar-refractivity contribution in [2.45, 2.75) is 31.2 Å². The van der Waals surface area contributed by atoms with Gasteiger partial charge in [0.15, 0.2) is 5.60 Å². The van der Waals surface area contributed by atoms with Crippen LogP contribution in [0.2, 0.25) is 0 Å². The van der Waals surface area contributed by atoms with Crippen LogP contribution in [0.15, 0.2) is 0 Å². The van der Waals surface area contributed by atoms with Crippen LogP contribution in [0.3, 0.4) is 0 Å². The smallest absolute Gasteiger partial charge is 0.379 e. The van der Waals surface area contributed by atoms with Crippen LogP contribution in [0.25, 0.3) is 0 Å². The average molecular weight is 226 g/mol. The quantitative estimate of drug-likeness (QED) is 0.654. The lowest BCUT2D eigenvalue weighted by Gasteiger charge is -2.26. The van der Waals surface area contributed by atoms with Crippen molar-refractivity contribution in [1.82, 2.24) is 4.90 Å². The lowest BCUT2D eigenvalue weighted by molar-refractivity contribution is -0.253. The highest BCUT2D eigenvalue weighted by Crippen LogP contribution is 2.37. The molecular formula is C8H13F3N2O2. The highest BCUT2D eigenvalue weighted by atomic mass is 19.4. The summed E-state index contributed by atoms with van der Waals surface area (Å²) in [7, 11) is 0. The standard InChI is InChI=1S/C8H13F3N2O2/c1-5(12)6(14)13-3-2-7(15,4-13)8(9,10)11/h5,15H,2-4,12H2,1H3/t5-,7-/m0/s1. The summed E-state index contributed by atoms with van der Waals surface area (Å²) in [6.07, 6.45) is -5.20. The van der Waals surface area contributed by atoms with Crippen LogP contribution in [-0.2, 0) is 4.79 Å². The van der Waals surface area contributed by atoms with Gasteiger partial charge in [0.05, 0.1) is 12.6 Å². The molecule has 88 valence electrons. The summed E-state index contributed by atoms with van der Waals surface area (Å²) in [6, 6.07) is -0.847. The normalized spacial score (nSPS) is 29.3. The lowest BCUT2D eigenvalue weighted by Crippen LogP contribution is -2.49. The van der Waals surface area contributed by atoms with E-state index in [9.17, 15) is 23.1 Å². The fourth-order valence-electron chi connectivity index (χ4n) is 1.50. The fraction of sp³-hybridized carbons (Fsp3) is 0.875. The van der Waals surface area contributed by atoms with E-state index in [1.807, 2.05) is 0 Å². The van der Waals surface area contributed by atoms with Gasteiger partial charge < -0.3 is 15.7 Å². The van der Waals surface area contributed by atoms with E-state index in [-0.39, 0.29) is 6.54 Å². The maximum absolute atomic E-state index is 12.4. The van der Waals surface area contributed by atoms with Gasteiger partial charge in [-0.1, -0.05) is 0 Å². The molecule has 1 aliphatic heterocycles. The Kier molecular flexibility index (Phi) is 2.97. The monoisotopic (exact) mass is 226 g/mol. The first kappa shape index (κ1) is 12.3. The van der Waals surface area contributed by atoms with Crippen molar-refractivity contribution in [3.8, 4) is 0 Å². The van der Waals surface area contributed by atoms with E-state index in [1.165, 1.54) is 6.92 Å². The highest BCUT2D eigenvalue weighted by Gasteiger charge is 2.57. The maximum atomic E-state index is 12.4. The van der Waals surface area contributed by atoms with Crippen molar-refractivity contribution in [2.75, 3.05) is 13.1 Å². The Morgan fingerprint density at radius 1 is 1.60 bits per heavy atom. The molecule has 0 spiro atoms. The molecule has 0 radical (unpaired) electrons. The van der Waals surface area contributed by atoms with Crippen LogP contribution in [0.5, 0.6) is 0 Å². The van der Waals surface area contributed by atoms with Crippen LogP contribution in [0.1, 0.15) is 13.3 Å². The first-order valence-corrected chi connectivity index (χ1v) is 4.51. The zero-order valence-electron chi connectivity index (χ0n) is 8.21. The summed E-state index contributed by atoms with van der Waals surface area (Å²) in [5.41, 5.74) is 2.48. The average Bonchev–Trinajstić information content (AvgIpc) is 2.46. The number of nitrogens with zero attached hydrogens (tertiary/aromatic N) is 1. The predicted molar refractivity (Wildman–Crippen MR) is 45.9 cm³/mol. The Labute approximate surface area is 84.8 Å². The largest absolute Gasteiger partial charge is 0.419 e. The molecule has 3 N–H and O–H groups in total. The molecule has 0 aromatic heterocycles. The number of nitrogens with two attached hydrogens (primary N) is 1. The zero-order valence-corrected chi connectivity index (χ0v) is 8.21. The van der Waals surface area contributed by atoms with E-state index in [4.69, 9.17) is 5.73 Å². The minimum Gasteiger partial charge on any atom is -0.379 e. The summed E-state index contributed by atoms with van der Waals surface area (Å²) >= 11 is 0. The molecule has 0 unspecified atom stereocenters. The number of aliphatic hydroxyl groups is 1. The van der Waals surface area contributed by atoms with Crippen LogP contribution in [-0.4, -0.2) is 46.8 Å². The Hall–Kier alpha value is -0.820. The molecule has 7 heteroatoms. The van der Waals surface area contributed by atoms with Crippen molar-refractivity contribution in [3.05, 3.63) is 0 Å². The SMILES string of the molecule is C[C@H](N)C(=O)N1CC[C@@](O)(C(F)(F)F)C1. The van der Waals surface area contributed by atoms with E-state index in [0.29, 0.717) is 0 Å². The molecule has 0 aromatic carbocycles. The molecule has 1 heterocycles. The molecule has 0 saturated carbocycles. The van der Waals surface area contributed by atoms with Gasteiger partial charge in [-0.25, -0.2) is 0 Å². The van der Waals surface area contributed by atoms with Gasteiger partial charge in [0.1, 0.15) is 0 Å². The fourth-order valence-corrected chi connectivity index (χ4v) is 1.50. The molecule has 4 nitrogen and oxygen atoms in total. The van der Waals surface area contributed by atoms with Crippen molar-refractivity contribution in [3.63, 3.8) is 0 Å². The number of likely N-dealkylation sites (tertiary alicyclic amines) is 1. The third kappa shape index (κ3) is 2.23. The van der Waals surface area contributed by atoms with Gasteiger partial charge >= 0.3 is 6.18 Å². The van der Waals surface area contributed by atoms with E-state index in [0.717, 1.165) is 4.90 Å². The Bertz CT molecular complexity index is 267. The summed E-state index contributed by atoms with van der Waals surface area (Å²) in [4.78, 5) is 12.2. The molecular weight excluding hydrogens is 213 g/mol. The predicted octanol–water partition coefficient (Wildman–Crippen LogP) is -0.141. The van der Waals surface area contributed by atoms with E-state index >= 15 is 0 Å². The number of rotatable bonds is 1. The number of hydrogen-bond donors (Lipinski definition) is 2. The van der Waals surface area contributed by atoms with Gasteiger partial charge in [-0.3, -0.25) is 4.79 Å². The number of carbonyl (C=O) groups excluding carboxylic acids is 1. The molecule has 1 fully saturated rings. The third-order valence-corrected chi connectivity index (χ3v) is 2.48. The van der Waals surface area contributed by atoms with Crippen molar-refractivity contribution >= 4 is 5.91 Å². The van der Waals surface area contributed by atoms with Gasteiger partial charge in [-0.15, -0.1) is 0 Å². The maximum Gasteiger partial charge on any atom is 0.419 e. The number of amides is 1.